The molecule has 0 bridgehead atoms. The largest absolute Gasteiger partial charge is 0.390 e. The van der Waals surface area contributed by atoms with E-state index in [1.807, 2.05) is 0 Å². The Morgan fingerprint density at radius 3 is 2.78 bits per heavy atom. The first-order valence-electron chi connectivity index (χ1n) is 6.46. The van der Waals surface area contributed by atoms with Gasteiger partial charge >= 0.3 is 0 Å². The van der Waals surface area contributed by atoms with Crippen LogP contribution in [0.3, 0.4) is 0 Å². The van der Waals surface area contributed by atoms with E-state index in [2.05, 4.69) is 20.3 Å². The summed E-state index contributed by atoms with van der Waals surface area (Å²) in [4.78, 5) is 11.8. The number of anilines is 2. The number of aliphatic hydroxyl groups is 2. The van der Waals surface area contributed by atoms with E-state index in [0.717, 1.165) is 10.9 Å². The predicted octanol–water partition coefficient (Wildman–Crippen LogP) is -0.0974. The van der Waals surface area contributed by atoms with Gasteiger partial charge in [0.15, 0.2) is 29.3 Å². The summed E-state index contributed by atoms with van der Waals surface area (Å²) in [5.41, 5.74) is 5.80. The first kappa shape index (κ1) is 16.1. The van der Waals surface area contributed by atoms with Crippen molar-refractivity contribution in [1.29, 1.82) is 0 Å². The Hall–Kier alpha value is -1.82. The standard InChI is InChI=1S/C11H13ClF2N6O3/c1-16-5-4-6(19-9(15)18-5)20(3-17-4)8-11(12,14)7(22)10(13,2-21)23-8/h3,7-8,21-22H,2H2,1H3,(H3,15,16,18,19)/t7-,8-,10-,11-/m1/s1. The lowest BCUT2D eigenvalue weighted by Crippen LogP contribution is -2.45. The van der Waals surface area contributed by atoms with E-state index in [9.17, 15) is 13.9 Å². The zero-order valence-corrected chi connectivity index (χ0v) is 12.5. The molecule has 0 saturated carbocycles. The molecule has 126 valence electrons. The van der Waals surface area contributed by atoms with Crippen molar-refractivity contribution in [3.8, 4) is 0 Å². The molecule has 0 unspecified atom stereocenters. The minimum absolute atomic E-state index is 0.0175. The maximum absolute atomic E-state index is 14.6. The van der Waals surface area contributed by atoms with Crippen LogP contribution in [0, 0.1) is 0 Å². The normalized spacial score (nSPS) is 34.2. The lowest BCUT2D eigenvalue weighted by atomic mass is 10.1. The second-order valence-corrected chi connectivity index (χ2v) is 5.58. The van der Waals surface area contributed by atoms with Gasteiger partial charge in [0.2, 0.25) is 5.95 Å². The van der Waals surface area contributed by atoms with Crippen molar-refractivity contribution >= 4 is 34.5 Å². The van der Waals surface area contributed by atoms with Gasteiger partial charge in [-0.15, -0.1) is 0 Å². The zero-order chi connectivity index (χ0) is 17.0. The van der Waals surface area contributed by atoms with Crippen LogP contribution in [0.4, 0.5) is 20.5 Å². The summed E-state index contributed by atoms with van der Waals surface area (Å²) in [5.74, 6) is -2.95. The molecule has 0 aromatic carbocycles. The van der Waals surface area contributed by atoms with Gasteiger partial charge in [0.25, 0.3) is 11.0 Å². The number of imidazole rings is 1. The average Bonchev–Trinajstić information content (AvgIpc) is 3.00. The maximum atomic E-state index is 14.6. The predicted molar refractivity (Wildman–Crippen MR) is 76.0 cm³/mol. The molecule has 0 aliphatic carbocycles. The van der Waals surface area contributed by atoms with E-state index in [4.69, 9.17) is 27.2 Å². The number of aromatic nitrogens is 4. The molecule has 1 aliphatic heterocycles. The second kappa shape index (κ2) is 5.09. The first-order valence-corrected chi connectivity index (χ1v) is 6.83. The Balaban J connectivity index is 2.16. The van der Waals surface area contributed by atoms with Crippen molar-refractivity contribution in [2.75, 3.05) is 24.7 Å². The number of hydrogen-bond donors (Lipinski definition) is 4. The lowest BCUT2D eigenvalue weighted by Gasteiger charge is -2.22. The fraction of sp³-hybridized carbons (Fsp3) is 0.545. The SMILES string of the molecule is CNc1nc(N)nc2c1ncn2[C@@H]1O[C@](F)(CO)[C@@H](O)[C@]1(F)Cl. The first-order chi connectivity index (χ1) is 10.7. The van der Waals surface area contributed by atoms with Gasteiger partial charge in [-0.25, -0.2) is 13.8 Å². The third-order valence-corrected chi connectivity index (χ3v) is 3.95. The number of aliphatic hydroxyl groups excluding tert-OH is 2. The molecular formula is C11H13ClF2N6O3. The molecule has 0 spiro atoms. The number of alkyl halides is 3. The summed E-state index contributed by atoms with van der Waals surface area (Å²) in [6.45, 7) is -1.28. The van der Waals surface area contributed by atoms with Crippen molar-refractivity contribution in [3.05, 3.63) is 6.33 Å². The number of ether oxygens (including phenoxy) is 1. The van der Waals surface area contributed by atoms with Crippen LogP contribution in [-0.4, -0.2) is 60.5 Å². The summed E-state index contributed by atoms with van der Waals surface area (Å²) in [6, 6.07) is 0. The Bertz CT molecular complexity index is 759. The summed E-state index contributed by atoms with van der Waals surface area (Å²) in [5, 5.41) is 18.4. The molecule has 9 nitrogen and oxygen atoms in total. The molecule has 1 aliphatic rings. The molecule has 0 radical (unpaired) electrons. The summed E-state index contributed by atoms with van der Waals surface area (Å²) in [6.07, 6.45) is -3.16. The molecule has 12 heteroatoms. The fourth-order valence-electron chi connectivity index (χ4n) is 2.40. The number of nitrogens with zero attached hydrogens (tertiary/aromatic N) is 4. The Morgan fingerprint density at radius 2 is 2.22 bits per heavy atom. The van der Waals surface area contributed by atoms with Crippen LogP contribution < -0.4 is 11.1 Å². The zero-order valence-electron chi connectivity index (χ0n) is 11.7. The molecule has 5 N–H and O–H groups in total. The second-order valence-electron chi connectivity index (χ2n) is 5.00. The van der Waals surface area contributed by atoms with Crippen molar-refractivity contribution in [1.82, 2.24) is 19.5 Å². The fourth-order valence-corrected chi connectivity index (χ4v) is 2.71. The van der Waals surface area contributed by atoms with E-state index in [1.54, 1.807) is 7.05 Å². The van der Waals surface area contributed by atoms with Crippen LogP contribution >= 0.6 is 11.6 Å². The third-order valence-electron chi connectivity index (χ3n) is 3.55. The third kappa shape index (κ3) is 2.19. The van der Waals surface area contributed by atoms with E-state index < -0.39 is 29.9 Å². The van der Waals surface area contributed by atoms with E-state index in [-0.39, 0.29) is 22.9 Å². The number of rotatable bonds is 3. The van der Waals surface area contributed by atoms with Crippen LogP contribution in [0.25, 0.3) is 11.2 Å². The molecule has 23 heavy (non-hydrogen) atoms. The Kier molecular flexibility index (Phi) is 3.55. The van der Waals surface area contributed by atoms with Crippen molar-refractivity contribution in [2.45, 2.75) is 23.3 Å². The quantitative estimate of drug-likeness (QED) is 0.564. The number of halogens is 3. The number of fused-ring (bicyclic) bond motifs is 1. The number of nitrogens with two attached hydrogens (primary N) is 1. The van der Waals surface area contributed by atoms with Crippen LogP contribution in [0.5, 0.6) is 0 Å². The van der Waals surface area contributed by atoms with Crippen LogP contribution in [0.1, 0.15) is 6.23 Å². The van der Waals surface area contributed by atoms with Crippen molar-refractivity contribution in [2.24, 2.45) is 0 Å². The van der Waals surface area contributed by atoms with E-state index in [1.165, 1.54) is 0 Å². The molecule has 4 atom stereocenters. The summed E-state index contributed by atoms with van der Waals surface area (Å²) < 4.78 is 34.7. The highest BCUT2D eigenvalue weighted by Gasteiger charge is 2.66. The van der Waals surface area contributed by atoms with Gasteiger partial charge in [-0.1, -0.05) is 11.6 Å². The van der Waals surface area contributed by atoms with E-state index in [0.29, 0.717) is 0 Å². The van der Waals surface area contributed by atoms with Gasteiger partial charge in [0, 0.05) is 7.05 Å². The minimum atomic E-state index is -3.07. The highest BCUT2D eigenvalue weighted by atomic mass is 35.5. The van der Waals surface area contributed by atoms with Gasteiger partial charge in [0.05, 0.1) is 6.33 Å². The average molecular weight is 351 g/mol. The Labute approximate surface area is 133 Å². The van der Waals surface area contributed by atoms with Gasteiger partial charge in [-0.3, -0.25) is 4.57 Å². The smallest absolute Gasteiger partial charge is 0.265 e. The van der Waals surface area contributed by atoms with Crippen molar-refractivity contribution < 1.29 is 23.7 Å². The minimum Gasteiger partial charge on any atom is -0.390 e. The highest BCUT2D eigenvalue weighted by molar-refractivity contribution is 6.23. The lowest BCUT2D eigenvalue weighted by molar-refractivity contribution is -0.206. The molecule has 3 rings (SSSR count). The maximum Gasteiger partial charge on any atom is 0.265 e. The van der Waals surface area contributed by atoms with Gasteiger partial charge in [-0.05, 0) is 0 Å². The van der Waals surface area contributed by atoms with Gasteiger partial charge in [-0.2, -0.15) is 9.97 Å². The topological polar surface area (TPSA) is 131 Å². The number of hydrogen-bond acceptors (Lipinski definition) is 8. The number of nitrogens with one attached hydrogen (secondary N) is 1. The van der Waals surface area contributed by atoms with Crippen LogP contribution in [0.15, 0.2) is 6.33 Å². The summed E-state index contributed by atoms with van der Waals surface area (Å²) in [7, 11) is 1.56. The Morgan fingerprint density at radius 1 is 1.52 bits per heavy atom. The van der Waals surface area contributed by atoms with Crippen molar-refractivity contribution in [3.63, 3.8) is 0 Å². The number of nitrogen functional groups attached to an aromatic ring is 1. The summed E-state index contributed by atoms with van der Waals surface area (Å²) >= 11 is 5.62. The molecule has 2 aromatic heterocycles. The van der Waals surface area contributed by atoms with Crippen LogP contribution in [0.2, 0.25) is 0 Å². The highest BCUT2D eigenvalue weighted by Crippen LogP contribution is 2.50. The van der Waals surface area contributed by atoms with E-state index >= 15 is 0 Å². The molecule has 1 fully saturated rings. The van der Waals surface area contributed by atoms with Gasteiger partial charge < -0.3 is 26.0 Å². The molecule has 2 aromatic rings. The van der Waals surface area contributed by atoms with Crippen LogP contribution in [-0.2, 0) is 4.74 Å². The molecule has 0 amide bonds. The van der Waals surface area contributed by atoms with Gasteiger partial charge in [0.1, 0.15) is 6.61 Å². The molecule has 1 saturated heterocycles. The molecule has 3 heterocycles. The molecular weight excluding hydrogens is 338 g/mol. The monoisotopic (exact) mass is 350 g/mol.